The molecule has 0 aliphatic carbocycles. The summed E-state index contributed by atoms with van der Waals surface area (Å²) in [5.41, 5.74) is 2.31. The highest BCUT2D eigenvalue weighted by Crippen LogP contribution is 2.27. The first-order valence-electron chi connectivity index (χ1n) is 12.6. The molecule has 3 aromatic rings. The van der Waals surface area contributed by atoms with Gasteiger partial charge >= 0.3 is 0 Å². The second-order valence-corrected chi connectivity index (χ2v) is 11.7. The molecule has 10 heteroatoms. The Kier molecular flexibility index (Phi) is 10.5. The predicted molar refractivity (Wildman–Crippen MR) is 153 cm³/mol. The van der Waals surface area contributed by atoms with E-state index in [1.807, 2.05) is 37.3 Å². The van der Waals surface area contributed by atoms with E-state index in [1.54, 1.807) is 19.1 Å². The number of anilines is 1. The van der Waals surface area contributed by atoms with Crippen molar-refractivity contribution in [3.05, 3.63) is 100 Å². The maximum Gasteiger partial charge on any atom is 0.244 e. The Labute approximate surface area is 234 Å². The monoisotopic (exact) mass is 573 g/mol. The van der Waals surface area contributed by atoms with Crippen LogP contribution < -0.4 is 9.62 Å². The number of benzene rings is 3. The van der Waals surface area contributed by atoms with Crippen molar-refractivity contribution in [3.63, 3.8) is 0 Å². The first-order chi connectivity index (χ1) is 18.5. The summed E-state index contributed by atoms with van der Waals surface area (Å²) in [6.45, 7) is 3.49. The second-order valence-electron chi connectivity index (χ2n) is 9.35. The fourth-order valence-electron chi connectivity index (χ4n) is 4.15. The molecular formula is C29H33ClFN3O4S. The van der Waals surface area contributed by atoms with E-state index in [9.17, 15) is 22.4 Å². The zero-order chi connectivity index (χ0) is 28.6. The molecule has 208 valence electrons. The van der Waals surface area contributed by atoms with Gasteiger partial charge in [0.1, 0.15) is 18.4 Å². The molecule has 0 fully saturated rings. The quantitative estimate of drug-likeness (QED) is 0.340. The van der Waals surface area contributed by atoms with Gasteiger partial charge in [0, 0.05) is 24.5 Å². The molecule has 0 heterocycles. The van der Waals surface area contributed by atoms with Crippen molar-refractivity contribution in [3.8, 4) is 0 Å². The van der Waals surface area contributed by atoms with Crippen LogP contribution in [0.4, 0.5) is 10.1 Å². The number of rotatable bonds is 12. The molecule has 0 radical (unpaired) electrons. The fourth-order valence-corrected chi connectivity index (χ4v) is 5.22. The zero-order valence-electron chi connectivity index (χ0n) is 22.2. The number of carbonyl (C=O) groups excluding carboxylic acids is 2. The summed E-state index contributed by atoms with van der Waals surface area (Å²) in [6.07, 6.45) is 1.92. The normalized spacial score (nSPS) is 12.0. The van der Waals surface area contributed by atoms with Crippen LogP contribution in [0, 0.1) is 12.7 Å². The van der Waals surface area contributed by atoms with E-state index < -0.39 is 34.3 Å². The van der Waals surface area contributed by atoms with Crippen molar-refractivity contribution >= 4 is 39.1 Å². The van der Waals surface area contributed by atoms with Gasteiger partial charge in [0.15, 0.2) is 0 Å². The summed E-state index contributed by atoms with van der Waals surface area (Å²) in [5, 5.41) is 3.19. The van der Waals surface area contributed by atoms with Gasteiger partial charge in [-0.3, -0.25) is 13.9 Å². The largest absolute Gasteiger partial charge is 0.354 e. The van der Waals surface area contributed by atoms with E-state index in [2.05, 4.69) is 5.32 Å². The molecule has 0 saturated heterocycles. The molecule has 2 amide bonds. The zero-order valence-corrected chi connectivity index (χ0v) is 23.8. The standard InChI is InChI=1S/C29H33ClFN3O4S/c1-4-16-32-29(36)27(17-22-8-6-5-7-9-22)33(19-23-11-14-25(31)15-12-23)28(35)20-34(39(3,37)38)26-18-24(30)13-10-21(26)2/h5-15,18,27H,4,16-17,19-20H2,1-3H3,(H,32,36). The Hall–Kier alpha value is -3.43. The summed E-state index contributed by atoms with van der Waals surface area (Å²) >= 11 is 6.16. The van der Waals surface area contributed by atoms with Crippen molar-refractivity contribution in [1.82, 2.24) is 10.2 Å². The summed E-state index contributed by atoms with van der Waals surface area (Å²) in [5.74, 6) is -1.38. The molecule has 1 unspecified atom stereocenters. The van der Waals surface area contributed by atoms with Crippen molar-refractivity contribution in [1.29, 1.82) is 0 Å². The number of nitrogens with zero attached hydrogens (tertiary/aromatic N) is 2. The van der Waals surface area contributed by atoms with Crippen molar-refractivity contribution in [2.24, 2.45) is 0 Å². The van der Waals surface area contributed by atoms with Crippen LogP contribution in [0.5, 0.6) is 0 Å². The van der Waals surface area contributed by atoms with Gasteiger partial charge in [0.25, 0.3) is 0 Å². The Morgan fingerprint density at radius 1 is 1.00 bits per heavy atom. The number of nitrogens with one attached hydrogen (secondary N) is 1. The number of carbonyl (C=O) groups is 2. The number of aryl methyl sites for hydroxylation is 1. The van der Waals surface area contributed by atoms with Gasteiger partial charge in [-0.05, 0) is 54.3 Å². The highest BCUT2D eigenvalue weighted by molar-refractivity contribution is 7.92. The molecule has 0 aromatic heterocycles. The average molecular weight is 574 g/mol. The summed E-state index contributed by atoms with van der Waals surface area (Å²) in [6, 6.07) is 18.7. The number of amides is 2. The smallest absolute Gasteiger partial charge is 0.244 e. The third-order valence-corrected chi connectivity index (χ3v) is 7.57. The van der Waals surface area contributed by atoms with Gasteiger partial charge in [-0.1, -0.05) is 67.1 Å². The molecule has 3 aromatic carbocycles. The Morgan fingerprint density at radius 2 is 1.67 bits per heavy atom. The van der Waals surface area contributed by atoms with Gasteiger partial charge < -0.3 is 10.2 Å². The summed E-state index contributed by atoms with van der Waals surface area (Å²) in [7, 11) is -3.91. The van der Waals surface area contributed by atoms with E-state index in [0.717, 1.165) is 16.1 Å². The van der Waals surface area contributed by atoms with Crippen LogP contribution >= 0.6 is 11.6 Å². The summed E-state index contributed by atoms with van der Waals surface area (Å²) < 4.78 is 40.4. The first kappa shape index (κ1) is 30.1. The summed E-state index contributed by atoms with van der Waals surface area (Å²) in [4.78, 5) is 28.8. The molecule has 39 heavy (non-hydrogen) atoms. The third-order valence-electron chi connectivity index (χ3n) is 6.21. The predicted octanol–water partition coefficient (Wildman–Crippen LogP) is 4.72. The van der Waals surface area contributed by atoms with Crippen LogP contribution in [-0.4, -0.2) is 50.5 Å². The van der Waals surface area contributed by atoms with E-state index in [-0.39, 0.29) is 24.6 Å². The van der Waals surface area contributed by atoms with Crippen LogP contribution in [0.25, 0.3) is 0 Å². The topological polar surface area (TPSA) is 86.8 Å². The van der Waals surface area contributed by atoms with E-state index in [1.165, 1.54) is 35.2 Å². The van der Waals surface area contributed by atoms with Gasteiger partial charge in [-0.25, -0.2) is 12.8 Å². The number of sulfonamides is 1. The fraction of sp³-hybridized carbons (Fsp3) is 0.310. The minimum Gasteiger partial charge on any atom is -0.354 e. The molecule has 3 rings (SSSR count). The highest BCUT2D eigenvalue weighted by Gasteiger charge is 2.33. The minimum absolute atomic E-state index is 0.0255. The lowest BCUT2D eigenvalue weighted by Gasteiger charge is -2.33. The minimum atomic E-state index is -3.91. The van der Waals surface area contributed by atoms with Gasteiger partial charge in [0.2, 0.25) is 21.8 Å². The molecular weight excluding hydrogens is 541 g/mol. The van der Waals surface area contributed by atoms with Crippen LogP contribution in [0.3, 0.4) is 0 Å². The molecule has 1 N–H and O–H groups in total. The van der Waals surface area contributed by atoms with E-state index >= 15 is 0 Å². The molecule has 7 nitrogen and oxygen atoms in total. The lowest BCUT2D eigenvalue weighted by molar-refractivity contribution is -0.140. The Bertz CT molecular complexity index is 1390. The molecule has 0 saturated carbocycles. The average Bonchev–Trinajstić information content (AvgIpc) is 2.90. The van der Waals surface area contributed by atoms with Crippen molar-refractivity contribution in [2.75, 3.05) is 23.7 Å². The first-order valence-corrected chi connectivity index (χ1v) is 14.8. The van der Waals surface area contributed by atoms with Gasteiger partial charge in [0.05, 0.1) is 11.9 Å². The van der Waals surface area contributed by atoms with Gasteiger partial charge in [-0.2, -0.15) is 0 Å². The lowest BCUT2D eigenvalue weighted by Crippen LogP contribution is -2.53. The number of halogens is 2. The highest BCUT2D eigenvalue weighted by atomic mass is 35.5. The van der Waals surface area contributed by atoms with Gasteiger partial charge in [-0.15, -0.1) is 0 Å². The lowest BCUT2D eigenvalue weighted by atomic mass is 10.0. The molecule has 0 aliphatic rings. The van der Waals surface area contributed by atoms with Crippen LogP contribution in [0.1, 0.15) is 30.0 Å². The number of hydrogen-bond acceptors (Lipinski definition) is 4. The SMILES string of the molecule is CCCNC(=O)C(Cc1ccccc1)N(Cc1ccc(F)cc1)C(=O)CN(c1cc(Cl)ccc1C)S(C)(=O)=O. The molecule has 0 aliphatic heterocycles. The number of hydrogen-bond donors (Lipinski definition) is 1. The Morgan fingerprint density at radius 3 is 2.28 bits per heavy atom. The van der Waals surface area contributed by atoms with E-state index in [0.29, 0.717) is 29.1 Å². The maximum absolute atomic E-state index is 14.0. The van der Waals surface area contributed by atoms with Crippen LogP contribution in [0.15, 0.2) is 72.8 Å². The molecule has 1 atom stereocenters. The van der Waals surface area contributed by atoms with Crippen LogP contribution in [-0.2, 0) is 32.6 Å². The van der Waals surface area contributed by atoms with E-state index in [4.69, 9.17) is 11.6 Å². The van der Waals surface area contributed by atoms with Crippen LogP contribution in [0.2, 0.25) is 5.02 Å². The molecule has 0 bridgehead atoms. The van der Waals surface area contributed by atoms with Crippen molar-refractivity contribution < 1.29 is 22.4 Å². The second kappa shape index (κ2) is 13.6. The Balaban J connectivity index is 2.06. The van der Waals surface area contributed by atoms with Crippen molar-refractivity contribution in [2.45, 2.75) is 39.3 Å². The maximum atomic E-state index is 14.0. The third kappa shape index (κ3) is 8.53. The molecule has 0 spiro atoms.